The van der Waals surface area contributed by atoms with Crippen LogP contribution in [0, 0.1) is 13.8 Å². The summed E-state index contributed by atoms with van der Waals surface area (Å²) < 4.78 is 13.8. The minimum absolute atomic E-state index is 0.0314. The lowest BCUT2D eigenvalue weighted by molar-refractivity contribution is 0.0469. The average molecular weight is 474 g/mol. The number of Topliss-reactive ketones (excluding diaryl/α,β-unsaturated/α-hetero) is 1. The summed E-state index contributed by atoms with van der Waals surface area (Å²) >= 11 is 0. The zero-order valence-corrected chi connectivity index (χ0v) is 20.1. The second-order valence-electron chi connectivity index (χ2n) is 8.41. The van der Waals surface area contributed by atoms with Crippen LogP contribution in [-0.4, -0.2) is 46.4 Å². The summed E-state index contributed by atoms with van der Waals surface area (Å²) in [4.78, 5) is 39.0. The van der Waals surface area contributed by atoms with E-state index in [4.69, 9.17) is 9.47 Å². The van der Waals surface area contributed by atoms with Crippen molar-refractivity contribution < 1.29 is 19.1 Å². The molecule has 0 bridgehead atoms. The number of benzene rings is 2. The van der Waals surface area contributed by atoms with Gasteiger partial charge in [0.2, 0.25) is 5.78 Å². The summed E-state index contributed by atoms with van der Waals surface area (Å²) in [5, 5.41) is 5.00. The van der Waals surface area contributed by atoms with Crippen molar-refractivity contribution in [1.82, 2.24) is 14.3 Å². The third kappa shape index (κ3) is 4.65. The summed E-state index contributed by atoms with van der Waals surface area (Å²) in [6.07, 6.45) is 0. The molecule has 0 fully saturated rings. The Labute approximate surface area is 202 Å². The minimum atomic E-state index is -0.777. The van der Waals surface area contributed by atoms with Crippen molar-refractivity contribution in [3.8, 4) is 5.69 Å². The van der Waals surface area contributed by atoms with E-state index in [1.807, 2.05) is 31.4 Å². The fraction of sp³-hybridized carbons (Fsp3) is 0.259. The molecular formula is C27H27N3O5. The quantitative estimate of drug-likeness (QED) is 0.283. The molecule has 35 heavy (non-hydrogen) atoms. The first kappa shape index (κ1) is 24.1. The van der Waals surface area contributed by atoms with Crippen LogP contribution >= 0.6 is 0 Å². The molecule has 0 unspecified atom stereocenters. The van der Waals surface area contributed by atoms with Gasteiger partial charge in [-0.05, 0) is 45.0 Å². The van der Waals surface area contributed by atoms with E-state index in [2.05, 4.69) is 5.10 Å². The first-order chi connectivity index (χ1) is 16.8. The minimum Gasteiger partial charge on any atom is -0.452 e. The number of fused-ring (bicyclic) bond motifs is 1. The molecule has 2 heterocycles. The molecule has 0 radical (unpaired) electrons. The number of carbonyl (C=O) groups excluding carboxylic acids is 2. The first-order valence-electron chi connectivity index (χ1n) is 11.3. The zero-order chi connectivity index (χ0) is 25.1. The average Bonchev–Trinajstić information content (AvgIpc) is 3.17. The summed E-state index contributed by atoms with van der Waals surface area (Å²) in [5.41, 5.74) is 2.34. The lowest BCUT2D eigenvalue weighted by Crippen LogP contribution is -2.26. The molecular weight excluding hydrogens is 446 g/mol. The Morgan fingerprint density at radius 2 is 1.66 bits per heavy atom. The molecule has 0 saturated carbocycles. The molecule has 8 nitrogen and oxygen atoms in total. The standard InChI is InChI=1S/C27H27N3O5/c1-17-14-23(19(3)29(17)18(2)15-34-4)24(31)16-35-27(33)25-21-12-8-9-13-22(21)26(32)30(28-25)20-10-6-5-7-11-20/h5-14,18H,15-16H2,1-4H3/t18-/m0/s1. The molecule has 0 amide bonds. The largest absolute Gasteiger partial charge is 0.452 e. The fourth-order valence-electron chi connectivity index (χ4n) is 4.42. The van der Waals surface area contributed by atoms with Gasteiger partial charge in [-0.25, -0.2) is 4.79 Å². The monoisotopic (exact) mass is 473 g/mol. The maximum absolute atomic E-state index is 13.1. The molecule has 4 rings (SSSR count). The van der Waals surface area contributed by atoms with E-state index in [1.165, 1.54) is 4.68 Å². The van der Waals surface area contributed by atoms with Crippen LogP contribution in [0.2, 0.25) is 0 Å². The molecule has 180 valence electrons. The van der Waals surface area contributed by atoms with Gasteiger partial charge in [0.15, 0.2) is 12.3 Å². The molecule has 2 aromatic heterocycles. The number of ether oxygens (including phenoxy) is 2. The SMILES string of the molecule is COC[C@H](C)n1c(C)cc(C(=O)COC(=O)c2nn(-c3ccccc3)c(=O)c3ccccc23)c1C. The highest BCUT2D eigenvalue weighted by atomic mass is 16.5. The highest BCUT2D eigenvalue weighted by Crippen LogP contribution is 2.22. The third-order valence-corrected chi connectivity index (χ3v) is 5.97. The molecule has 0 N–H and O–H groups in total. The van der Waals surface area contributed by atoms with Gasteiger partial charge in [0.25, 0.3) is 5.56 Å². The Kier molecular flexibility index (Phi) is 6.93. The number of hydrogen-bond donors (Lipinski definition) is 0. The number of hydrogen-bond acceptors (Lipinski definition) is 6. The zero-order valence-electron chi connectivity index (χ0n) is 20.1. The van der Waals surface area contributed by atoms with Crippen LogP contribution in [0.5, 0.6) is 0 Å². The van der Waals surface area contributed by atoms with Crippen LogP contribution in [-0.2, 0) is 9.47 Å². The van der Waals surface area contributed by atoms with Crippen molar-refractivity contribution in [2.75, 3.05) is 20.3 Å². The lowest BCUT2D eigenvalue weighted by atomic mass is 10.1. The molecule has 0 aliphatic rings. The van der Waals surface area contributed by atoms with Gasteiger partial charge in [-0.15, -0.1) is 0 Å². The fourth-order valence-corrected chi connectivity index (χ4v) is 4.42. The van der Waals surface area contributed by atoms with Gasteiger partial charge in [-0.2, -0.15) is 9.78 Å². The molecule has 8 heteroatoms. The number of nitrogens with zero attached hydrogens (tertiary/aromatic N) is 3. The summed E-state index contributed by atoms with van der Waals surface area (Å²) in [7, 11) is 1.63. The normalized spacial score (nSPS) is 12.0. The lowest BCUT2D eigenvalue weighted by Gasteiger charge is -2.17. The number of aryl methyl sites for hydroxylation is 1. The Morgan fingerprint density at radius 1 is 1.00 bits per heavy atom. The van der Waals surface area contributed by atoms with E-state index in [0.29, 0.717) is 28.6 Å². The van der Waals surface area contributed by atoms with E-state index in [1.54, 1.807) is 61.7 Å². The molecule has 2 aromatic carbocycles. The van der Waals surface area contributed by atoms with Gasteiger partial charge in [0, 0.05) is 29.4 Å². The topological polar surface area (TPSA) is 92.4 Å². The van der Waals surface area contributed by atoms with Crippen LogP contribution in [0.3, 0.4) is 0 Å². The molecule has 0 saturated heterocycles. The summed E-state index contributed by atoms with van der Waals surface area (Å²) in [6, 6.07) is 17.4. The summed E-state index contributed by atoms with van der Waals surface area (Å²) in [6.45, 7) is 5.86. The van der Waals surface area contributed by atoms with E-state index >= 15 is 0 Å². The molecule has 0 aliphatic heterocycles. The van der Waals surface area contributed by atoms with Gasteiger partial charge in [-0.1, -0.05) is 36.4 Å². The van der Waals surface area contributed by atoms with Crippen LogP contribution in [0.15, 0.2) is 65.5 Å². The Balaban J connectivity index is 1.63. The highest BCUT2D eigenvalue weighted by Gasteiger charge is 2.23. The van der Waals surface area contributed by atoms with Gasteiger partial charge in [0.1, 0.15) is 0 Å². The maximum Gasteiger partial charge on any atom is 0.359 e. The second kappa shape index (κ2) is 10.1. The number of carbonyl (C=O) groups is 2. The Morgan fingerprint density at radius 3 is 2.34 bits per heavy atom. The van der Waals surface area contributed by atoms with E-state index in [9.17, 15) is 14.4 Å². The van der Waals surface area contributed by atoms with E-state index in [-0.39, 0.29) is 23.1 Å². The van der Waals surface area contributed by atoms with Gasteiger partial charge in [-0.3, -0.25) is 9.59 Å². The van der Waals surface area contributed by atoms with Crippen molar-refractivity contribution in [3.05, 3.63) is 93.7 Å². The molecule has 4 aromatic rings. The van der Waals surface area contributed by atoms with Crippen LogP contribution < -0.4 is 5.56 Å². The summed E-state index contributed by atoms with van der Waals surface area (Å²) in [5.74, 6) is -1.09. The number of esters is 1. The van der Waals surface area contributed by atoms with Crippen molar-refractivity contribution in [2.24, 2.45) is 0 Å². The maximum atomic E-state index is 13.1. The van der Waals surface area contributed by atoms with E-state index < -0.39 is 12.6 Å². The number of ketones is 1. The number of rotatable bonds is 8. The number of methoxy groups -OCH3 is 1. The van der Waals surface area contributed by atoms with Gasteiger partial charge < -0.3 is 14.0 Å². The van der Waals surface area contributed by atoms with Crippen LogP contribution in [0.4, 0.5) is 0 Å². The predicted molar refractivity (Wildman–Crippen MR) is 132 cm³/mol. The van der Waals surface area contributed by atoms with Crippen molar-refractivity contribution >= 4 is 22.5 Å². The Bertz CT molecular complexity index is 1450. The predicted octanol–water partition coefficient (Wildman–Crippen LogP) is 4.05. The highest BCUT2D eigenvalue weighted by molar-refractivity contribution is 6.04. The van der Waals surface area contributed by atoms with Crippen molar-refractivity contribution in [3.63, 3.8) is 0 Å². The molecule has 0 aliphatic carbocycles. The van der Waals surface area contributed by atoms with Crippen LogP contribution in [0.1, 0.15) is 45.2 Å². The Hall–Kier alpha value is -4.04. The van der Waals surface area contributed by atoms with Crippen LogP contribution in [0.25, 0.3) is 16.5 Å². The smallest absolute Gasteiger partial charge is 0.359 e. The van der Waals surface area contributed by atoms with Crippen molar-refractivity contribution in [1.29, 1.82) is 0 Å². The third-order valence-electron chi connectivity index (χ3n) is 5.97. The number of para-hydroxylation sites is 1. The van der Waals surface area contributed by atoms with Crippen molar-refractivity contribution in [2.45, 2.75) is 26.8 Å². The number of aromatic nitrogens is 3. The molecule has 0 spiro atoms. The van der Waals surface area contributed by atoms with Gasteiger partial charge >= 0.3 is 5.97 Å². The first-order valence-corrected chi connectivity index (χ1v) is 11.3. The van der Waals surface area contributed by atoms with E-state index in [0.717, 1.165) is 11.4 Å². The van der Waals surface area contributed by atoms with Gasteiger partial charge in [0.05, 0.1) is 23.7 Å². The second-order valence-corrected chi connectivity index (χ2v) is 8.41. The molecule has 1 atom stereocenters.